The van der Waals surface area contributed by atoms with Gasteiger partial charge in [0.1, 0.15) is 18.5 Å². The molecule has 0 N–H and O–H groups in total. The van der Waals surface area contributed by atoms with Gasteiger partial charge in [-0.15, -0.1) is 0 Å². The molecule has 1 atom stereocenters. The monoisotopic (exact) mass is 312 g/mol. The molecular weight excluding hydrogens is 292 g/mol. The molecule has 1 aromatic carbocycles. The van der Waals surface area contributed by atoms with Gasteiger partial charge >= 0.3 is 0 Å². The van der Waals surface area contributed by atoms with Gasteiger partial charge in [-0.05, 0) is 38.8 Å². The van der Waals surface area contributed by atoms with Gasteiger partial charge in [0.2, 0.25) is 5.89 Å². The van der Waals surface area contributed by atoms with Gasteiger partial charge in [-0.1, -0.05) is 17.3 Å². The number of imidazole rings is 1. The lowest BCUT2D eigenvalue weighted by molar-refractivity contribution is 0.0683. The molecular formula is C17H20N4O2. The van der Waals surface area contributed by atoms with Crippen molar-refractivity contribution in [1.29, 1.82) is 0 Å². The normalized spacial score (nSPS) is 16.1. The fraction of sp³-hybridized carbons (Fsp3) is 0.471. The zero-order valence-electron chi connectivity index (χ0n) is 13.4. The third-order valence-electron chi connectivity index (χ3n) is 4.18. The Balaban J connectivity index is 1.66. The molecule has 0 spiro atoms. The number of benzene rings is 1. The fourth-order valence-electron chi connectivity index (χ4n) is 2.87. The van der Waals surface area contributed by atoms with E-state index < -0.39 is 0 Å². The topological polar surface area (TPSA) is 66.0 Å². The van der Waals surface area contributed by atoms with Crippen molar-refractivity contribution in [3.8, 4) is 0 Å². The highest BCUT2D eigenvalue weighted by Crippen LogP contribution is 2.40. The van der Waals surface area contributed by atoms with E-state index in [2.05, 4.69) is 20.8 Å². The highest BCUT2D eigenvalue weighted by Gasteiger charge is 2.30. The second-order valence-corrected chi connectivity index (χ2v) is 5.96. The smallest absolute Gasteiger partial charge is 0.246 e. The SMILES string of the molecule is CCO[C@H](C)c1noc(Cn2c(C3CC3)nc3ccccc32)n1. The van der Waals surface area contributed by atoms with Crippen LogP contribution in [0.15, 0.2) is 28.8 Å². The van der Waals surface area contributed by atoms with E-state index in [1.165, 1.54) is 12.8 Å². The number of aromatic nitrogens is 4. The highest BCUT2D eigenvalue weighted by atomic mass is 16.5. The van der Waals surface area contributed by atoms with Gasteiger partial charge in [-0.3, -0.25) is 0 Å². The lowest BCUT2D eigenvalue weighted by Gasteiger charge is -2.06. The number of hydrogen-bond donors (Lipinski definition) is 0. The molecule has 2 aromatic heterocycles. The van der Waals surface area contributed by atoms with Gasteiger partial charge < -0.3 is 13.8 Å². The number of fused-ring (bicyclic) bond motifs is 1. The highest BCUT2D eigenvalue weighted by molar-refractivity contribution is 5.76. The van der Waals surface area contributed by atoms with Crippen LogP contribution in [0.2, 0.25) is 0 Å². The van der Waals surface area contributed by atoms with Crippen LogP contribution in [-0.4, -0.2) is 26.3 Å². The summed E-state index contributed by atoms with van der Waals surface area (Å²) in [6.07, 6.45) is 2.26. The fourth-order valence-corrected chi connectivity index (χ4v) is 2.87. The number of hydrogen-bond acceptors (Lipinski definition) is 5. The number of para-hydroxylation sites is 2. The van der Waals surface area contributed by atoms with Crippen LogP contribution >= 0.6 is 0 Å². The first-order chi connectivity index (χ1) is 11.3. The molecule has 1 fully saturated rings. The molecule has 0 unspecified atom stereocenters. The van der Waals surface area contributed by atoms with Gasteiger partial charge in [0.25, 0.3) is 0 Å². The Kier molecular flexibility index (Phi) is 3.61. The summed E-state index contributed by atoms with van der Waals surface area (Å²) in [6, 6.07) is 8.20. The largest absolute Gasteiger partial charge is 0.371 e. The average molecular weight is 312 g/mol. The van der Waals surface area contributed by atoms with Crippen molar-refractivity contribution in [2.24, 2.45) is 0 Å². The third kappa shape index (κ3) is 2.74. The number of ether oxygens (including phenoxy) is 1. The van der Waals surface area contributed by atoms with Crippen molar-refractivity contribution in [2.75, 3.05) is 6.61 Å². The summed E-state index contributed by atoms with van der Waals surface area (Å²) in [7, 11) is 0. The molecule has 0 bridgehead atoms. The van der Waals surface area contributed by atoms with Crippen LogP contribution in [0, 0.1) is 0 Å². The molecule has 1 aliphatic carbocycles. The predicted octanol–water partition coefficient (Wildman–Crippen LogP) is 3.44. The second-order valence-electron chi connectivity index (χ2n) is 5.96. The molecule has 0 radical (unpaired) electrons. The van der Waals surface area contributed by atoms with Gasteiger partial charge in [0.05, 0.1) is 11.0 Å². The van der Waals surface area contributed by atoms with Crippen molar-refractivity contribution < 1.29 is 9.26 Å². The van der Waals surface area contributed by atoms with E-state index in [4.69, 9.17) is 14.2 Å². The Morgan fingerprint density at radius 2 is 2.13 bits per heavy atom. The molecule has 4 rings (SSSR count). The molecule has 0 aliphatic heterocycles. The summed E-state index contributed by atoms with van der Waals surface area (Å²) in [4.78, 5) is 9.27. The summed E-state index contributed by atoms with van der Waals surface area (Å²) in [5.41, 5.74) is 2.14. The zero-order chi connectivity index (χ0) is 15.8. The van der Waals surface area contributed by atoms with Crippen molar-refractivity contribution in [1.82, 2.24) is 19.7 Å². The first kappa shape index (κ1) is 14.4. The van der Waals surface area contributed by atoms with Gasteiger partial charge in [0.15, 0.2) is 5.82 Å². The van der Waals surface area contributed by atoms with Crippen molar-refractivity contribution >= 4 is 11.0 Å². The van der Waals surface area contributed by atoms with E-state index >= 15 is 0 Å². The van der Waals surface area contributed by atoms with Gasteiger partial charge in [-0.2, -0.15) is 4.98 Å². The lowest BCUT2D eigenvalue weighted by atomic mass is 10.3. The Morgan fingerprint density at radius 1 is 1.30 bits per heavy atom. The number of rotatable bonds is 6. The zero-order valence-corrected chi connectivity index (χ0v) is 13.4. The van der Waals surface area contributed by atoms with Crippen molar-refractivity contribution in [3.63, 3.8) is 0 Å². The van der Waals surface area contributed by atoms with Gasteiger partial charge in [-0.25, -0.2) is 4.98 Å². The van der Waals surface area contributed by atoms with E-state index in [1.807, 2.05) is 32.0 Å². The van der Waals surface area contributed by atoms with Crippen LogP contribution in [0.25, 0.3) is 11.0 Å². The van der Waals surface area contributed by atoms with Crippen LogP contribution in [0.4, 0.5) is 0 Å². The van der Waals surface area contributed by atoms with Crippen LogP contribution in [-0.2, 0) is 11.3 Å². The van der Waals surface area contributed by atoms with E-state index in [1.54, 1.807) is 0 Å². The molecule has 1 saturated carbocycles. The molecule has 6 heteroatoms. The van der Waals surface area contributed by atoms with Crippen LogP contribution < -0.4 is 0 Å². The lowest BCUT2D eigenvalue weighted by Crippen LogP contribution is -2.05. The molecule has 120 valence electrons. The van der Waals surface area contributed by atoms with Crippen LogP contribution in [0.3, 0.4) is 0 Å². The quantitative estimate of drug-likeness (QED) is 0.697. The summed E-state index contributed by atoms with van der Waals surface area (Å²) in [5.74, 6) is 2.88. The maximum absolute atomic E-state index is 5.51. The Morgan fingerprint density at radius 3 is 2.91 bits per heavy atom. The third-order valence-corrected chi connectivity index (χ3v) is 4.18. The summed E-state index contributed by atoms with van der Waals surface area (Å²) in [5, 5.41) is 4.04. The maximum Gasteiger partial charge on any atom is 0.246 e. The molecule has 3 aromatic rings. The maximum atomic E-state index is 5.51. The Hall–Kier alpha value is -2.21. The molecule has 0 saturated heterocycles. The summed E-state index contributed by atoms with van der Waals surface area (Å²) in [6.45, 7) is 5.07. The first-order valence-electron chi connectivity index (χ1n) is 8.15. The molecule has 0 amide bonds. The molecule has 6 nitrogen and oxygen atoms in total. The van der Waals surface area contributed by atoms with Gasteiger partial charge in [0, 0.05) is 12.5 Å². The summed E-state index contributed by atoms with van der Waals surface area (Å²) >= 11 is 0. The summed E-state index contributed by atoms with van der Waals surface area (Å²) < 4.78 is 13.1. The van der Waals surface area contributed by atoms with Crippen LogP contribution in [0.5, 0.6) is 0 Å². The second kappa shape index (κ2) is 5.77. The molecule has 23 heavy (non-hydrogen) atoms. The van der Waals surface area contributed by atoms with Crippen LogP contribution in [0.1, 0.15) is 56.3 Å². The molecule has 1 aliphatic rings. The average Bonchev–Trinajstić information content (AvgIpc) is 3.19. The Labute approximate surface area is 134 Å². The standard InChI is InChI=1S/C17H20N4O2/c1-3-22-11(2)16-19-15(23-20-16)10-21-14-7-5-4-6-13(14)18-17(21)12-8-9-12/h4-7,11-12H,3,8-10H2,1-2H3/t11-/m1/s1. The minimum absolute atomic E-state index is 0.153. The van der Waals surface area contributed by atoms with E-state index in [-0.39, 0.29) is 6.10 Å². The van der Waals surface area contributed by atoms with E-state index in [0.29, 0.717) is 30.8 Å². The van der Waals surface area contributed by atoms with Crippen molar-refractivity contribution in [3.05, 3.63) is 41.8 Å². The van der Waals surface area contributed by atoms with E-state index in [0.717, 1.165) is 16.9 Å². The predicted molar refractivity (Wildman–Crippen MR) is 85.1 cm³/mol. The minimum Gasteiger partial charge on any atom is -0.371 e. The Bertz CT molecular complexity index is 819. The van der Waals surface area contributed by atoms with Crippen molar-refractivity contribution in [2.45, 2.75) is 45.3 Å². The van der Waals surface area contributed by atoms with E-state index in [9.17, 15) is 0 Å². The first-order valence-corrected chi connectivity index (χ1v) is 8.15. The molecule has 2 heterocycles. The number of nitrogens with zero attached hydrogens (tertiary/aromatic N) is 4. The minimum atomic E-state index is -0.153.